The van der Waals surface area contributed by atoms with Gasteiger partial charge in [0.05, 0.1) is 0 Å². The zero-order chi connectivity index (χ0) is 11.5. The van der Waals surface area contributed by atoms with Crippen molar-refractivity contribution in [2.75, 3.05) is 0 Å². The predicted octanol–water partition coefficient (Wildman–Crippen LogP) is 2.21. The molecule has 88 valence electrons. The summed E-state index contributed by atoms with van der Waals surface area (Å²) in [6, 6.07) is 0.434. The van der Waals surface area contributed by atoms with Gasteiger partial charge in [-0.1, -0.05) is 12.2 Å². The van der Waals surface area contributed by atoms with Crippen LogP contribution in [-0.2, 0) is 6.67 Å². The third-order valence-corrected chi connectivity index (χ3v) is 3.37. The molecule has 2 N–H and O–H groups in total. The van der Waals surface area contributed by atoms with Crippen LogP contribution in [0.15, 0.2) is 24.5 Å². The Hall–Kier alpha value is -1.16. The number of nitrogens with two attached hydrogens (primary N) is 1. The Balaban J connectivity index is 2.13. The van der Waals surface area contributed by atoms with Gasteiger partial charge in [0.25, 0.3) is 0 Å². The number of halogens is 1. The second kappa shape index (κ2) is 4.78. The molecule has 0 amide bonds. The van der Waals surface area contributed by atoms with Gasteiger partial charge in [0.2, 0.25) is 0 Å². The molecule has 0 bridgehead atoms. The second-order valence-electron chi connectivity index (χ2n) is 4.41. The number of alkyl halides is 1. The van der Waals surface area contributed by atoms with E-state index < -0.39 is 6.67 Å². The molecule has 0 saturated carbocycles. The van der Waals surface area contributed by atoms with Gasteiger partial charge < -0.3 is 10.3 Å². The molecular weight excluding hydrogens is 205 g/mol. The van der Waals surface area contributed by atoms with E-state index in [0.29, 0.717) is 11.7 Å². The summed E-state index contributed by atoms with van der Waals surface area (Å²) in [7, 11) is 0. The van der Waals surface area contributed by atoms with Crippen LogP contribution >= 0.6 is 0 Å². The van der Waals surface area contributed by atoms with Crippen LogP contribution in [0.4, 0.5) is 4.39 Å². The molecule has 0 radical (unpaired) electrons. The number of allylic oxidation sites excluding steroid dienone is 1. The molecule has 0 fully saturated rings. The molecule has 1 heterocycles. The summed E-state index contributed by atoms with van der Waals surface area (Å²) in [5.41, 5.74) is 5.81. The van der Waals surface area contributed by atoms with Gasteiger partial charge in [0, 0.05) is 24.5 Å². The minimum absolute atomic E-state index is 0.187. The van der Waals surface area contributed by atoms with E-state index in [1.807, 2.05) is 10.8 Å². The SMILES string of the molecule is CC(C1C=CC(N)CC1)n1ccnc1CF. The Bertz CT molecular complexity index is 372. The monoisotopic (exact) mass is 223 g/mol. The van der Waals surface area contributed by atoms with Crippen molar-refractivity contribution in [1.29, 1.82) is 0 Å². The van der Waals surface area contributed by atoms with Gasteiger partial charge in [-0.15, -0.1) is 0 Å². The summed E-state index contributed by atoms with van der Waals surface area (Å²) in [5.74, 6) is 0.940. The van der Waals surface area contributed by atoms with Crippen LogP contribution in [-0.4, -0.2) is 15.6 Å². The summed E-state index contributed by atoms with van der Waals surface area (Å²) < 4.78 is 14.6. The summed E-state index contributed by atoms with van der Waals surface area (Å²) >= 11 is 0. The molecule has 0 spiro atoms. The lowest BCUT2D eigenvalue weighted by Gasteiger charge is -2.27. The summed E-state index contributed by atoms with van der Waals surface area (Å²) in [5, 5.41) is 0. The highest BCUT2D eigenvalue weighted by Crippen LogP contribution is 2.28. The van der Waals surface area contributed by atoms with Gasteiger partial charge in [0.1, 0.15) is 12.5 Å². The van der Waals surface area contributed by atoms with Crippen LogP contribution in [0, 0.1) is 5.92 Å². The molecule has 0 aliphatic heterocycles. The minimum atomic E-state index is -0.507. The number of hydrogen-bond donors (Lipinski definition) is 1. The van der Waals surface area contributed by atoms with E-state index in [1.165, 1.54) is 0 Å². The first kappa shape index (κ1) is 11.3. The number of aromatic nitrogens is 2. The lowest BCUT2D eigenvalue weighted by molar-refractivity contribution is 0.344. The third-order valence-electron chi connectivity index (χ3n) is 3.37. The fourth-order valence-electron chi connectivity index (χ4n) is 2.29. The largest absolute Gasteiger partial charge is 0.329 e. The van der Waals surface area contributed by atoms with E-state index in [9.17, 15) is 4.39 Å². The first-order valence-corrected chi connectivity index (χ1v) is 5.74. The highest BCUT2D eigenvalue weighted by atomic mass is 19.1. The van der Waals surface area contributed by atoms with E-state index in [0.717, 1.165) is 12.8 Å². The van der Waals surface area contributed by atoms with E-state index in [-0.39, 0.29) is 12.1 Å². The zero-order valence-corrected chi connectivity index (χ0v) is 9.51. The molecule has 4 heteroatoms. The van der Waals surface area contributed by atoms with Crippen molar-refractivity contribution in [3.05, 3.63) is 30.4 Å². The van der Waals surface area contributed by atoms with Crippen molar-refractivity contribution in [2.24, 2.45) is 11.7 Å². The Morgan fingerprint density at radius 2 is 2.38 bits per heavy atom. The molecule has 0 saturated heterocycles. The van der Waals surface area contributed by atoms with Crippen LogP contribution in [0.1, 0.15) is 31.6 Å². The van der Waals surface area contributed by atoms with Crippen LogP contribution in [0.5, 0.6) is 0 Å². The van der Waals surface area contributed by atoms with E-state index in [2.05, 4.69) is 24.1 Å². The third kappa shape index (κ3) is 2.16. The molecule has 0 aromatic carbocycles. The van der Waals surface area contributed by atoms with Gasteiger partial charge >= 0.3 is 0 Å². The average Bonchev–Trinajstić information content (AvgIpc) is 2.77. The van der Waals surface area contributed by atoms with Crippen molar-refractivity contribution in [2.45, 2.75) is 38.5 Å². The molecular formula is C12H18FN3. The number of hydrogen-bond acceptors (Lipinski definition) is 2. The standard InChI is InChI=1S/C12H18FN3/c1-9(10-2-4-11(14)5-3-10)16-7-6-15-12(16)8-13/h2,4,6-7,9-11H,3,5,8,14H2,1H3. The van der Waals surface area contributed by atoms with Crippen molar-refractivity contribution in [1.82, 2.24) is 9.55 Å². The first-order chi connectivity index (χ1) is 7.72. The number of rotatable bonds is 3. The Morgan fingerprint density at radius 1 is 1.56 bits per heavy atom. The number of imidazole rings is 1. The normalized spacial score (nSPS) is 26.9. The second-order valence-corrected chi connectivity index (χ2v) is 4.41. The van der Waals surface area contributed by atoms with Gasteiger partial charge in [-0.3, -0.25) is 0 Å². The highest BCUT2D eigenvalue weighted by Gasteiger charge is 2.21. The summed E-state index contributed by atoms with van der Waals surface area (Å²) in [6.45, 7) is 1.60. The minimum Gasteiger partial charge on any atom is -0.329 e. The Kier molecular flexibility index (Phi) is 3.39. The maximum Gasteiger partial charge on any atom is 0.147 e. The zero-order valence-electron chi connectivity index (χ0n) is 9.51. The molecule has 3 unspecified atom stereocenters. The lowest BCUT2D eigenvalue weighted by atomic mass is 9.88. The van der Waals surface area contributed by atoms with Gasteiger partial charge in [0.15, 0.2) is 0 Å². The molecule has 3 nitrogen and oxygen atoms in total. The van der Waals surface area contributed by atoms with Crippen molar-refractivity contribution >= 4 is 0 Å². The topological polar surface area (TPSA) is 43.8 Å². The van der Waals surface area contributed by atoms with Crippen molar-refractivity contribution in [3.63, 3.8) is 0 Å². The fourth-order valence-corrected chi connectivity index (χ4v) is 2.29. The Morgan fingerprint density at radius 3 is 3.00 bits per heavy atom. The van der Waals surface area contributed by atoms with Crippen LogP contribution < -0.4 is 5.73 Å². The molecule has 1 aromatic rings. The predicted molar refractivity (Wildman–Crippen MR) is 61.6 cm³/mol. The van der Waals surface area contributed by atoms with Crippen molar-refractivity contribution in [3.8, 4) is 0 Å². The van der Waals surface area contributed by atoms with Crippen LogP contribution in [0.2, 0.25) is 0 Å². The van der Waals surface area contributed by atoms with Gasteiger partial charge in [-0.05, 0) is 25.7 Å². The summed E-state index contributed by atoms with van der Waals surface area (Å²) in [4.78, 5) is 4.00. The molecule has 16 heavy (non-hydrogen) atoms. The van der Waals surface area contributed by atoms with Crippen LogP contribution in [0.25, 0.3) is 0 Å². The highest BCUT2D eigenvalue weighted by molar-refractivity contribution is 5.05. The molecule has 3 atom stereocenters. The fraction of sp³-hybridized carbons (Fsp3) is 0.583. The maximum absolute atomic E-state index is 12.7. The lowest BCUT2D eigenvalue weighted by Crippen LogP contribution is -2.25. The smallest absolute Gasteiger partial charge is 0.147 e. The maximum atomic E-state index is 12.7. The van der Waals surface area contributed by atoms with Crippen molar-refractivity contribution < 1.29 is 4.39 Å². The van der Waals surface area contributed by atoms with E-state index >= 15 is 0 Å². The molecule has 1 aromatic heterocycles. The summed E-state index contributed by atoms with van der Waals surface area (Å²) in [6.07, 6.45) is 9.77. The average molecular weight is 223 g/mol. The molecule has 1 aliphatic rings. The van der Waals surface area contributed by atoms with E-state index in [4.69, 9.17) is 5.73 Å². The van der Waals surface area contributed by atoms with Crippen LogP contribution in [0.3, 0.4) is 0 Å². The quantitative estimate of drug-likeness (QED) is 0.798. The Labute approximate surface area is 95.2 Å². The first-order valence-electron chi connectivity index (χ1n) is 5.74. The van der Waals surface area contributed by atoms with Gasteiger partial charge in [-0.2, -0.15) is 0 Å². The number of nitrogens with zero attached hydrogens (tertiary/aromatic N) is 2. The van der Waals surface area contributed by atoms with Gasteiger partial charge in [-0.25, -0.2) is 9.37 Å². The van der Waals surface area contributed by atoms with E-state index in [1.54, 1.807) is 6.20 Å². The molecule has 2 rings (SSSR count). The molecule has 1 aliphatic carbocycles.